The summed E-state index contributed by atoms with van der Waals surface area (Å²) < 4.78 is 0. The molecule has 0 fully saturated rings. The lowest BCUT2D eigenvalue weighted by atomic mass is 10.0. The molecular formula is C26H24. The van der Waals surface area contributed by atoms with Gasteiger partial charge < -0.3 is 0 Å². The zero-order valence-corrected chi connectivity index (χ0v) is 15.0. The molecule has 0 aromatic carbocycles. The first kappa shape index (κ1) is 17.7. The number of allylic oxidation sites excluding steroid dienone is 24. The Labute approximate surface area is 157 Å². The van der Waals surface area contributed by atoms with E-state index < -0.39 is 0 Å². The molecule has 0 atom stereocenters. The van der Waals surface area contributed by atoms with Crippen LogP contribution < -0.4 is 0 Å². The number of hydrogen-bond donors (Lipinski definition) is 0. The average Bonchev–Trinajstić information content (AvgIpc) is 3.01. The van der Waals surface area contributed by atoms with E-state index in [2.05, 4.69) is 122 Å². The first-order chi connectivity index (χ1) is 12.9. The molecule has 0 aromatic heterocycles. The number of rotatable bonds is 0. The Morgan fingerprint density at radius 1 is 0.308 bits per heavy atom. The molecule has 0 saturated carbocycles. The van der Waals surface area contributed by atoms with E-state index in [1.165, 1.54) is 22.3 Å². The predicted molar refractivity (Wildman–Crippen MR) is 115 cm³/mol. The van der Waals surface area contributed by atoms with Crippen molar-refractivity contribution in [2.45, 2.75) is 12.8 Å². The highest BCUT2D eigenvalue weighted by atomic mass is 14.0. The minimum atomic E-state index is 0.943. The molecule has 0 nitrogen and oxygen atoms in total. The fraction of sp³-hybridized carbons (Fsp3) is 0.0769. The van der Waals surface area contributed by atoms with Gasteiger partial charge >= 0.3 is 0 Å². The molecule has 26 heavy (non-hydrogen) atoms. The van der Waals surface area contributed by atoms with Crippen LogP contribution in [0.5, 0.6) is 0 Å². The van der Waals surface area contributed by atoms with E-state index in [0.29, 0.717) is 0 Å². The molecule has 3 aliphatic carbocycles. The molecule has 0 aliphatic heterocycles. The average molecular weight is 336 g/mol. The van der Waals surface area contributed by atoms with Crippen LogP contribution in [0.1, 0.15) is 12.8 Å². The van der Waals surface area contributed by atoms with Crippen molar-refractivity contribution >= 4 is 0 Å². The maximum Gasteiger partial charge on any atom is -0.00258 e. The summed E-state index contributed by atoms with van der Waals surface area (Å²) in [5.41, 5.74) is 5.22. The molecule has 3 rings (SSSR count). The number of fused-ring (bicyclic) bond motifs is 4. The molecule has 0 heteroatoms. The minimum Gasteiger partial charge on any atom is -0.0623 e. The second-order valence-electron chi connectivity index (χ2n) is 6.30. The summed E-state index contributed by atoms with van der Waals surface area (Å²) in [6.07, 6.45) is 44.4. The summed E-state index contributed by atoms with van der Waals surface area (Å²) in [5.74, 6) is 0. The van der Waals surface area contributed by atoms with E-state index in [-0.39, 0.29) is 0 Å². The highest BCUT2D eigenvalue weighted by molar-refractivity contribution is 5.42. The second-order valence-corrected chi connectivity index (χ2v) is 6.30. The van der Waals surface area contributed by atoms with Crippen molar-refractivity contribution in [3.05, 3.63) is 144 Å². The van der Waals surface area contributed by atoms with Gasteiger partial charge in [0.05, 0.1) is 0 Å². The quantitative estimate of drug-likeness (QED) is 0.448. The smallest absolute Gasteiger partial charge is 0.00258 e. The standard InChI is InChI=1S/C26H24/c1-2-6-14-24-18-11-12-20-26(22-24)16-8-4-3-7-15-25-19-10-9-17-23(21-25)13-5-1/h1-20H,21-22H2/b2-1?,4-3?,5-1+,6-2+,7-3+,8-4+,13-5?,14-6?,15-7?,16-8?,23-13-,24-14-,25-15-,26-16-. The molecule has 0 spiro atoms. The van der Waals surface area contributed by atoms with Gasteiger partial charge in [-0.3, -0.25) is 0 Å². The highest BCUT2D eigenvalue weighted by Crippen LogP contribution is 2.19. The second kappa shape index (κ2) is 10.0. The van der Waals surface area contributed by atoms with Crippen LogP contribution in [0.2, 0.25) is 0 Å². The van der Waals surface area contributed by atoms with Crippen LogP contribution in [0.3, 0.4) is 0 Å². The van der Waals surface area contributed by atoms with Gasteiger partial charge in [0.2, 0.25) is 0 Å². The molecule has 0 saturated heterocycles. The lowest BCUT2D eigenvalue weighted by molar-refractivity contribution is 1.22. The normalized spacial score (nSPS) is 32.6. The molecule has 0 aromatic rings. The molecule has 3 aliphatic rings. The molecule has 0 amide bonds. The van der Waals surface area contributed by atoms with Crippen molar-refractivity contribution in [3.63, 3.8) is 0 Å². The third-order valence-electron chi connectivity index (χ3n) is 4.19. The fourth-order valence-electron chi connectivity index (χ4n) is 2.85. The first-order valence-electron chi connectivity index (χ1n) is 9.06. The summed E-state index contributed by atoms with van der Waals surface area (Å²) >= 11 is 0. The third kappa shape index (κ3) is 6.07. The molecule has 128 valence electrons. The molecule has 0 N–H and O–H groups in total. The van der Waals surface area contributed by atoms with Crippen LogP contribution in [0.4, 0.5) is 0 Å². The van der Waals surface area contributed by atoms with Crippen molar-refractivity contribution in [2.24, 2.45) is 0 Å². The Morgan fingerprint density at radius 3 is 0.846 bits per heavy atom. The lowest BCUT2D eigenvalue weighted by Crippen LogP contribution is -1.81. The first-order valence-corrected chi connectivity index (χ1v) is 9.06. The third-order valence-corrected chi connectivity index (χ3v) is 4.19. The summed E-state index contributed by atoms with van der Waals surface area (Å²) in [6.45, 7) is 0. The Kier molecular flexibility index (Phi) is 6.81. The monoisotopic (exact) mass is 336 g/mol. The van der Waals surface area contributed by atoms with E-state index in [0.717, 1.165) is 12.8 Å². The predicted octanol–water partition coefficient (Wildman–Crippen LogP) is 6.96. The van der Waals surface area contributed by atoms with Crippen molar-refractivity contribution in [2.75, 3.05) is 0 Å². The van der Waals surface area contributed by atoms with E-state index in [9.17, 15) is 0 Å². The van der Waals surface area contributed by atoms with E-state index in [4.69, 9.17) is 0 Å². The van der Waals surface area contributed by atoms with Crippen LogP contribution in [-0.2, 0) is 0 Å². The Bertz CT molecular complexity index is 717. The van der Waals surface area contributed by atoms with Gasteiger partial charge in [-0.05, 0) is 35.1 Å². The summed E-state index contributed by atoms with van der Waals surface area (Å²) in [6, 6.07) is 0. The molecule has 4 bridgehead atoms. The van der Waals surface area contributed by atoms with Gasteiger partial charge in [0.15, 0.2) is 0 Å². The molecular weight excluding hydrogens is 312 g/mol. The van der Waals surface area contributed by atoms with Gasteiger partial charge in [-0.25, -0.2) is 0 Å². The van der Waals surface area contributed by atoms with E-state index in [1.54, 1.807) is 0 Å². The fourth-order valence-corrected chi connectivity index (χ4v) is 2.85. The van der Waals surface area contributed by atoms with Crippen molar-refractivity contribution in [1.29, 1.82) is 0 Å². The van der Waals surface area contributed by atoms with Gasteiger partial charge in [0.1, 0.15) is 0 Å². The van der Waals surface area contributed by atoms with E-state index in [1.807, 2.05) is 0 Å². The molecule has 0 unspecified atom stereocenters. The SMILES string of the molecule is C1=C/C2=C/C=C/C=C/C=C3/C=CC=C/C(=C/C=C/C=C/C=C(/C=C1)C2)C3. The Hall–Kier alpha value is -3.12. The van der Waals surface area contributed by atoms with Crippen LogP contribution in [0.15, 0.2) is 144 Å². The van der Waals surface area contributed by atoms with Gasteiger partial charge in [-0.15, -0.1) is 0 Å². The maximum absolute atomic E-state index is 2.18. The van der Waals surface area contributed by atoms with Gasteiger partial charge in [0, 0.05) is 0 Å². The highest BCUT2D eigenvalue weighted by Gasteiger charge is 1.99. The van der Waals surface area contributed by atoms with Crippen LogP contribution >= 0.6 is 0 Å². The molecule has 0 radical (unpaired) electrons. The van der Waals surface area contributed by atoms with Crippen LogP contribution in [-0.4, -0.2) is 0 Å². The zero-order valence-electron chi connectivity index (χ0n) is 15.0. The van der Waals surface area contributed by atoms with Gasteiger partial charge in [-0.1, -0.05) is 122 Å². The van der Waals surface area contributed by atoms with Crippen LogP contribution in [0, 0.1) is 0 Å². The Morgan fingerprint density at radius 2 is 0.577 bits per heavy atom. The lowest BCUT2D eigenvalue weighted by Gasteiger charge is -2.01. The molecule has 0 heterocycles. The van der Waals surface area contributed by atoms with Gasteiger partial charge in [0.25, 0.3) is 0 Å². The van der Waals surface area contributed by atoms with Crippen molar-refractivity contribution in [3.8, 4) is 0 Å². The summed E-state index contributed by atoms with van der Waals surface area (Å²) in [7, 11) is 0. The van der Waals surface area contributed by atoms with Crippen LogP contribution in [0.25, 0.3) is 0 Å². The van der Waals surface area contributed by atoms with E-state index >= 15 is 0 Å². The van der Waals surface area contributed by atoms with Crippen molar-refractivity contribution in [1.82, 2.24) is 0 Å². The Balaban J connectivity index is 1.89. The summed E-state index contributed by atoms with van der Waals surface area (Å²) in [4.78, 5) is 0. The largest absolute Gasteiger partial charge is 0.0623 e. The van der Waals surface area contributed by atoms with Crippen molar-refractivity contribution < 1.29 is 0 Å². The topological polar surface area (TPSA) is 0 Å². The maximum atomic E-state index is 2.18. The van der Waals surface area contributed by atoms with Gasteiger partial charge in [-0.2, -0.15) is 0 Å². The summed E-state index contributed by atoms with van der Waals surface area (Å²) in [5, 5.41) is 0. The minimum absolute atomic E-state index is 0.943. The zero-order chi connectivity index (χ0) is 17.9. The number of hydrogen-bond acceptors (Lipinski definition) is 0.